The zero-order chi connectivity index (χ0) is 18.3. The van der Waals surface area contributed by atoms with Gasteiger partial charge in [-0.25, -0.2) is 13.1 Å². The van der Waals surface area contributed by atoms with Crippen LogP contribution in [0.15, 0.2) is 45.6 Å². The Balaban J connectivity index is 1.78. The number of hydrogen-bond donors (Lipinski definition) is 3. The third-order valence-corrected chi connectivity index (χ3v) is 6.14. The third kappa shape index (κ3) is 6.00. The summed E-state index contributed by atoms with van der Waals surface area (Å²) in [6.45, 7) is 3.38. The van der Waals surface area contributed by atoms with E-state index in [2.05, 4.69) is 33.3 Å². The van der Waals surface area contributed by atoms with Gasteiger partial charge in [-0.15, -0.1) is 11.3 Å². The van der Waals surface area contributed by atoms with Gasteiger partial charge in [0.1, 0.15) is 0 Å². The minimum atomic E-state index is -3.57. The summed E-state index contributed by atoms with van der Waals surface area (Å²) >= 11 is 7.52. The number of rotatable bonds is 7. The van der Waals surface area contributed by atoms with Gasteiger partial charge in [-0.1, -0.05) is 17.7 Å². The molecule has 0 fully saturated rings. The molecule has 0 aliphatic rings. The van der Waals surface area contributed by atoms with Gasteiger partial charge in [0.05, 0.1) is 11.4 Å². The van der Waals surface area contributed by atoms with E-state index in [4.69, 9.17) is 11.6 Å². The molecule has 0 aliphatic heterocycles. The Bertz CT molecular complexity index is 834. The van der Waals surface area contributed by atoms with Gasteiger partial charge in [0.2, 0.25) is 10.0 Å². The number of hydrogen-bond acceptors (Lipinski definition) is 4. The molecule has 0 amide bonds. The van der Waals surface area contributed by atoms with Crippen molar-refractivity contribution in [2.45, 2.75) is 18.4 Å². The molecule has 2 aromatic rings. The van der Waals surface area contributed by atoms with Crippen LogP contribution in [0, 0.1) is 6.92 Å². The van der Waals surface area contributed by atoms with Crippen LogP contribution in [0.1, 0.15) is 10.4 Å². The summed E-state index contributed by atoms with van der Waals surface area (Å²) in [7, 11) is -1.90. The Morgan fingerprint density at radius 2 is 2.04 bits per heavy atom. The van der Waals surface area contributed by atoms with Gasteiger partial charge in [0, 0.05) is 30.0 Å². The van der Waals surface area contributed by atoms with E-state index < -0.39 is 10.0 Å². The van der Waals surface area contributed by atoms with Crippen molar-refractivity contribution in [1.82, 2.24) is 15.4 Å². The van der Waals surface area contributed by atoms with Crippen LogP contribution in [-0.4, -0.2) is 34.5 Å². The average molecular weight is 401 g/mol. The van der Waals surface area contributed by atoms with Crippen molar-refractivity contribution in [1.29, 1.82) is 0 Å². The number of aryl methyl sites for hydroxylation is 1. The highest BCUT2D eigenvalue weighted by Gasteiger charge is 2.13. The van der Waals surface area contributed by atoms with E-state index in [-0.39, 0.29) is 11.4 Å². The summed E-state index contributed by atoms with van der Waals surface area (Å²) in [5, 5.41) is 8.71. The minimum Gasteiger partial charge on any atom is -0.355 e. The second kappa shape index (κ2) is 9.19. The molecular weight excluding hydrogens is 380 g/mol. The molecule has 6 nitrogen and oxygen atoms in total. The quantitative estimate of drug-likeness (QED) is 0.378. The molecule has 0 bridgehead atoms. The predicted molar refractivity (Wildman–Crippen MR) is 104 cm³/mol. The first kappa shape index (κ1) is 19.7. The molecule has 0 spiro atoms. The number of sulfonamides is 1. The zero-order valence-electron chi connectivity index (χ0n) is 14.0. The molecule has 0 unspecified atom stereocenters. The fraction of sp³-hybridized carbons (Fsp3) is 0.312. The van der Waals surface area contributed by atoms with E-state index in [0.717, 1.165) is 0 Å². The van der Waals surface area contributed by atoms with Crippen LogP contribution in [0.3, 0.4) is 0 Å². The highest BCUT2D eigenvalue weighted by Crippen LogP contribution is 2.15. The highest BCUT2D eigenvalue weighted by molar-refractivity contribution is 7.89. The van der Waals surface area contributed by atoms with Gasteiger partial charge in [-0.05, 0) is 42.1 Å². The maximum atomic E-state index is 12.2. The Hall–Kier alpha value is -1.61. The van der Waals surface area contributed by atoms with Crippen LogP contribution in [-0.2, 0) is 16.6 Å². The van der Waals surface area contributed by atoms with Gasteiger partial charge in [0.15, 0.2) is 5.96 Å². The summed E-state index contributed by atoms with van der Waals surface area (Å²) in [4.78, 5) is 5.51. The molecule has 0 radical (unpaired) electrons. The summed E-state index contributed by atoms with van der Waals surface area (Å²) in [5.41, 5.74) is 1.24. The normalized spacial score (nSPS) is 12.2. The molecule has 2 rings (SSSR count). The molecule has 1 aromatic carbocycles. The molecule has 25 heavy (non-hydrogen) atoms. The first-order chi connectivity index (χ1) is 11.9. The van der Waals surface area contributed by atoms with Crippen LogP contribution >= 0.6 is 22.9 Å². The summed E-state index contributed by atoms with van der Waals surface area (Å²) in [5.74, 6) is 0.620. The second-order valence-electron chi connectivity index (χ2n) is 5.23. The van der Waals surface area contributed by atoms with Crippen molar-refractivity contribution < 1.29 is 8.42 Å². The van der Waals surface area contributed by atoms with Gasteiger partial charge >= 0.3 is 0 Å². The van der Waals surface area contributed by atoms with Crippen LogP contribution in [0.25, 0.3) is 0 Å². The lowest BCUT2D eigenvalue weighted by atomic mass is 10.3. The zero-order valence-corrected chi connectivity index (χ0v) is 16.4. The first-order valence-corrected chi connectivity index (χ1v) is 10.4. The molecule has 0 saturated heterocycles. The molecule has 136 valence electrons. The van der Waals surface area contributed by atoms with E-state index in [1.165, 1.54) is 22.6 Å². The molecule has 3 N–H and O–H groups in total. The Morgan fingerprint density at radius 1 is 1.24 bits per heavy atom. The minimum absolute atomic E-state index is 0.149. The summed E-state index contributed by atoms with van der Waals surface area (Å²) < 4.78 is 26.9. The van der Waals surface area contributed by atoms with Crippen LogP contribution in [0.4, 0.5) is 0 Å². The molecular formula is C16H21ClN4O2S2. The molecule has 1 heterocycles. The number of benzene rings is 1. The van der Waals surface area contributed by atoms with Crippen molar-refractivity contribution >= 4 is 38.9 Å². The lowest BCUT2D eigenvalue weighted by Crippen LogP contribution is -2.41. The second-order valence-corrected chi connectivity index (χ2v) is 8.44. The Morgan fingerprint density at radius 3 is 2.68 bits per heavy atom. The summed E-state index contributed by atoms with van der Waals surface area (Å²) in [6.07, 6.45) is 0. The van der Waals surface area contributed by atoms with Gasteiger partial charge < -0.3 is 10.6 Å². The topological polar surface area (TPSA) is 82.6 Å². The largest absolute Gasteiger partial charge is 0.355 e. The predicted octanol–water partition coefficient (Wildman–Crippen LogP) is 2.35. The SMILES string of the molecule is CN=C(NCCNS(=O)(=O)c1cccc(Cl)c1)NCc1sccc1C. The number of guanidine groups is 1. The smallest absolute Gasteiger partial charge is 0.240 e. The monoisotopic (exact) mass is 400 g/mol. The molecule has 9 heteroatoms. The molecule has 0 atom stereocenters. The maximum Gasteiger partial charge on any atom is 0.240 e. The average Bonchev–Trinajstić information content (AvgIpc) is 2.99. The number of halogens is 1. The van der Waals surface area contributed by atoms with Crippen molar-refractivity contribution in [3.05, 3.63) is 51.2 Å². The summed E-state index contributed by atoms with van der Waals surface area (Å²) in [6, 6.07) is 8.23. The molecule has 0 saturated carbocycles. The Kier molecular flexibility index (Phi) is 7.24. The number of nitrogens with zero attached hydrogens (tertiary/aromatic N) is 1. The lowest BCUT2D eigenvalue weighted by Gasteiger charge is -2.12. The van der Waals surface area contributed by atoms with Crippen molar-refractivity contribution in [3.8, 4) is 0 Å². The lowest BCUT2D eigenvalue weighted by molar-refractivity contribution is 0.580. The van der Waals surface area contributed by atoms with Gasteiger partial charge in [-0.3, -0.25) is 4.99 Å². The fourth-order valence-electron chi connectivity index (χ4n) is 2.05. The molecule has 0 aliphatic carbocycles. The van der Waals surface area contributed by atoms with Crippen LogP contribution < -0.4 is 15.4 Å². The number of aliphatic imine (C=N–C) groups is 1. The number of thiophene rings is 1. The highest BCUT2D eigenvalue weighted by atomic mass is 35.5. The van der Waals surface area contributed by atoms with E-state index in [9.17, 15) is 8.42 Å². The van der Waals surface area contributed by atoms with Gasteiger partial charge in [-0.2, -0.15) is 0 Å². The standard InChI is InChI=1S/C16H21ClN4O2S2/c1-12-6-9-24-15(12)11-20-16(18-2)19-7-8-21-25(22,23)14-5-3-4-13(17)10-14/h3-6,9-10,21H,7-8,11H2,1-2H3,(H2,18,19,20). The molecule has 1 aromatic heterocycles. The van der Waals surface area contributed by atoms with Gasteiger partial charge in [0.25, 0.3) is 0 Å². The van der Waals surface area contributed by atoms with E-state index in [0.29, 0.717) is 24.1 Å². The third-order valence-electron chi connectivity index (χ3n) is 3.42. The first-order valence-electron chi connectivity index (χ1n) is 7.65. The Labute approximate surface area is 157 Å². The van der Waals surface area contributed by atoms with E-state index >= 15 is 0 Å². The van der Waals surface area contributed by atoms with Crippen molar-refractivity contribution in [2.24, 2.45) is 4.99 Å². The maximum absolute atomic E-state index is 12.2. The van der Waals surface area contributed by atoms with Crippen molar-refractivity contribution in [2.75, 3.05) is 20.1 Å². The van der Waals surface area contributed by atoms with E-state index in [1.54, 1.807) is 30.5 Å². The fourth-order valence-corrected chi connectivity index (χ4v) is 4.23. The van der Waals surface area contributed by atoms with Crippen LogP contribution in [0.2, 0.25) is 5.02 Å². The van der Waals surface area contributed by atoms with Crippen molar-refractivity contribution in [3.63, 3.8) is 0 Å². The van der Waals surface area contributed by atoms with E-state index in [1.807, 2.05) is 5.38 Å². The number of nitrogens with one attached hydrogen (secondary N) is 3. The van der Waals surface area contributed by atoms with Crippen LogP contribution in [0.5, 0.6) is 0 Å².